The SMILES string of the molecule is CC(C)C(=O)C(=O)O.CC(C)C(=O)NS(=O)(=O)C(C)(C)C.CC(C)C(=O)NS(=O)(=O)C(F)(F)F.CC(C)C(=O)NS(=O)(=O)C1CC1.CC(C)C(=O)NS(=O)(=O)Cc1ccccc1.CC(C)C(=O)NS(=O)(=O)c1cccc2ccccc12.CC(C)C(=O)NS(C)(=O)=O.CC(C)C(=O)O. The summed E-state index contributed by atoms with van der Waals surface area (Å²) in [5.74, 6) is -9.58. The summed E-state index contributed by atoms with van der Waals surface area (Å²) in [5, 5.41) is 17.1. The van der Waals surface area contributed by atoms with Crippen molar-refractivity contribution >= 4 is 124 Å². The summed E-state index contributed by atoms with van der Waals surface area (Å²) in [7, 11) is -23.2. The molecule has 8 N–H and O–H groups in total. The van der Waals surface area contributed by atoms with Crippen molar-refractivity contribution in [1.29, 1.82) is 0 Å². The number of alkyl halides is 3. The van der Waals surface area contributed by atoms with E-state index >= 15 is 0 Å². The number of rotatable bonds is 19. The minimum atomic E-state index is -5.54. The van der Waals surface area contributed by atoms with E-state index in [-0.39, 0.29) is 51.4 Å². The molecule has 556 valence electrons. The Morgan fingerprint density at radius 2 is 0.784 bits per heavy atom. The van der Waals surface area contributed by atoms with Crippen LogP contribution in [0, 0.1) is 47.3 Å². The van der Waals surface area contributed by atoms with E-state index in [1.54, 1.807) is 160 Å². The molecule has 3 aromatic rings. The second kappa shape index (κ2) is 41.9. The third-order valence-electron chi connectivity index (χ3n) is 11.2. The first-order valence-corrected chi connectivity index (χ1v) is 38.9. The van der Waals surface area contributed by atoms with Crippen LogP contribution in [0.3, 0.4) is 0 Å². The minimum Gasteiger partial charge on any atom is -0.481 e. The lowest BCUT2D eigenvalue weighted by atomic mass is 10.1. The lowest BCUT2D eigenvalue weighted by molar-refractivity contribution is -0.150. The Bertz CT molecular complexity index is 3760. The highest BCUT2D eigenvalue weighted by Gasteiger charge is 2.47. The van der Waals surface area contributed by atoms with Crippen molar-refractivity contribution in [3.63, 3.8) is 0 Å². The van der Waals surface area contributed by atoms with Gasteiger partial charge in [0.2, 0.25) is 81.3 Å². The van der Waals surface area contributed by atoms with Crippen LogP contribution in [-0.4, -0.2) is 136 Å². The number of amides is 6. The molecule has 0 atom stereocenters. The zero-order chi connectivity index (χ0) is 77.6. The van der Waals surface area contributed by atoms with Gasteiger partial charge in [-0.15, -0.1) is 0 Å². The first-order chi connectivity index (χ1) is 43.4. The van der Waals surface area contributed by atoms with Gasteiger partial charge in [-0.1, -0.05) is 178 Å². The third-order valence-corrected chi connectivity index (χ3v) is 19.4. The standard InChI is InChI=1S/C14H15NO3S.C11H15NO3S.C8H17NO3S.C7H13NO3S.C5H8F3NO3S.C5H11NO3S.C5H8O3.C4H8O2/c1-10(2)14(16)15-19(17,18)13-9-5-7-11-6-3-4-8-12(11)13;1-9(2)11(13)12-16(14,15)8-10-6-4-3-5-7-10;1-6(2)7(10)9-13(11,12)8(3,4)5;1-5(2)7(9)8-12(10,11)6-3-4-6;1-3(2)4(10)9-13(11,12)5(6,7)8;1-4(2)5(7)6-10(3,8)9;1-3(2)4(6)5(7)8;1-3(2)4(5)6/h3-10H,1-2H3,(H,15,16);3-7,9H,8H2,1-2H3,(H,12,13);6H,1-5H3,(H,9,10);5-6H,3-4H2,1-2H3,(H,8,9);3H,1-2H3,(H,9,10);4H,1-3H3,(H,6,7);3H,1-2H3,(H,7,8);3H,1-2H3,(H,5,6). The van der Waals surface area contributed by atoms with Crippen molar-refractivity contribution in [2.45, 2.75) is 171 Å². The van der Waals surface area contributed by atoms with Crippen LogP contribution in [-0.2, 0) is 109 Å². The maximum atomic E-state index is 12.2. The van der Waals surface area contributed by atoms with Crippen LogP contribution in [0.25, 0.3) is 10.8 Å². The maximum absolute atomic E-state index is 12.2. The van der Waals surface area contributed by atoms with Gasteiger partial charge in [-0.3, -0.25) is 57.2 Å². The molecule has 1 fully saturated rings. The van der Waals surface area contributed by atoms with Crippen LogP contribution in [0.15, 0.2) is 77.7 Å². The van der Waals surface area contributed by atoms with Crippen LogP contribution >= 0.6 is 0 Å². The van der Waals surface area contributed by atoms with Crippen LogP contribution in [0.2, 0.25) is 0 Å². The first kappa shape index (κ1) is 96.2. The number of Topliss-reactive ketones (excluding diaryl/α,β-unsaturated/α-hetero) is 1. The number of fused-ring (bicyclic) bond motifs is 1. The van der Waals surface area contributed by atoms with Crippen molar-refractivity contribution in [2.75, 3.05) is 6.26 Å². The number of hydrogen-bond acceptors (Lipinski definition) is 21. The summed E-state index contributed by atoms with van der Waals surface area (Å²) in [6.45, 7) is 30.0. The van der Waals surface area contributed by atoms with Gasteiger partial charge in [0.05, 0.1) is 32.8 Å². The van der Waals surface area contributed by atoms with Gasteiger partial charge in [0, 0.05) is 46.8 Å². The third kappa shape index (κ3) is 42.3. The molecule has 1 saturated carbocycles. The van der Waals surface area contributed by atoms with E-state index in [1.165, 1.54) is 19.9 Å². The van der Waals surface area contributed by atoms with E-state index in [2.05, 4.69) is 9.44 Å². The molecule has 0 bridgehead atoms. The topological polar surface area (TPSA) is 471 Å². The number of carbonyl (C=O) groups excluding carboxylic acids is 7. The summed E-state index contributed by atoms with van der Waals surface area (Å²) in [6, 6.07) is 20.9. The average molecular weight is 1510 g/mol. The number of ketones is 1. The zero-order valence-electron chi connectivity index (χ0n) is 57.8. The van der Waals surface area contributed by atoms with E-state index in [1.807, 2.05) is 38.4 Å². The van der Waals surface area contributed by atoms with Gasteiger partial charge in [0.15, 0.2) is 0 Å². The largest absolute Gasteiger partial charge is 0.516 e. The summed E-state index contributed by atoms with van der Waals surface area (Å²) < 4.78 is 179. The maximum Gasteiger partial charge on any atom is 0.516 e. The highest BCUT2D eigenvalue weighted by atomic mass is 32.2. The van der Waals surface area contributed by atoms with Crippen molar-refractivity contribution in [1.82, 2.24) is 28.3 Å². The predicted molar refractivity (Wildman–Crippen MR) is 358 cm³/mol. The molecule has 38 heteroatoms. The minimum absolute atomic E-state index is 0.125. The fourth-order valence-electron chi connectivity index (χ4n) is 4.81. The van der Waals surface area contributed by atoms with Crippen LogP contribution < -0.4 is 28.3 Å². The van der Waals surface area contributed by atoms with Crippen molar-refractivity contribution in [3.8, 4) is 0 Å². The van der Waals surface area contributed by atoms with Crippen LogP contribution in [0.5, 0.6) is 0 Å². The van der Waals surface area contributed by atoms with Crippen LogP contribution in [0.1, 0.15) is 150 Å². The molecule has 0 aromatic heterocycles. The molecule has 1 aliphatic rings. The number of carboxylic acids is 2. The fraction of sp³-hybridized carbons (Fsp3) is 0.576. The van der Waals surface area contributed by atoms with E-state index < -0.39 is 135 Å². The molecule has 29 nitrogen and oxygen atoms in total. The lowest BCUT2D eigenvalue weighted by Gasteiger charge is -2.20. The molecule has 6 amide bonds. The number of aliphatic carboxylic acids is 2. The van der Waals surface area contributed by atoms with Gasteiger partial charge < -0.3 is 10.2 Å². The lowest BCUT2D eigenvalue weighted by Crippen LogP contribution is -2.43. The molecule has 0 unspecified atom stereocenters. The highest BCUT2D eigenvalue weighted by Crippen LogP contribution is 2.28. The fourth-order valence-corrected chi connectivity index (χ4v) is 10.9. The Morgan fingerprint density at radius 1 is 0.443 bits per heavy atom. The van der Waals surface area contributed by atoms with Gasteiger partial charge in [0.25, 0.3) is 10.0 Å². The molecule has 0 heterocycles. The van der Waals surface area contributed by atoms with Crippen LogP contribution in [0.4, 0.5) is 13.2 Å². The Hall–Kier alpha value is -7.16. The highest BCUT2D eigenvalue weighted by molar-refractivity contribution is 7.92. The smallest absolute Gasteiger partial charge is 0.481 e. The number of carbonyl (C=O) groups is 9. The Morgan fingerprint density at radius 3 is 1.10 bits per heavy atom. The Labute approximate surface area is 568 Å². The monoisotopic (exact) mass is 1500 g/mol. The molecule has 1 aliphatic carbocycles. The zero-order valence-corrected chi connectivity index (χ0v) is 62.7. The Kier molecular flexibility index (Phi) is 41.6. The molecule has 97 heavy (non-hydrogen) atoms. The summed E-state index contributed by atoms with van der Waals surface area (Å²) >= 11 is 0. The summed E-state index contributed by atoms with van der Waals surface area (Å²) in [4.78, 5) is 96.1. The predicted octanol–water partition coefficient (Wildman–Crippen LogP) is 6.08. The number of nitrogens with one attached hydrogen (secondary N) is 6. The van der Waals surface area contributed by atoms with Gasteiger partial charge in [-0.2, -0.15) is 21.6 Å². The second-order valence-corrected chi connectivity index (χ2v) is 35.5. The van der Waals surface area contributed by atoms with Crippen molar-refractivity contribution in [2.24, 2.45) is 47.3 Å². The summed E-state index contributed by atoms with van der Waals surface area (Å²) in [5.41, 5.74) is -4.79. The molecule has 3 aromatic carbocycles. The first-order valence-electron chi connectivity index (χ1n) is 29.3. The molecule has 4 rings (SSSR count). The molecule has 0 saturated heterocycles. The number of benzene rings is 3. The summed E-state index contributed by atoms with van der Waals surface area (Å²) in [6.07, 6.45) is 2.31. The van der Waals surface area contributed by atoms with Gasteiger partial charge in [0.1, 0.15) is 0 Å². The van der Waals surface area contributed by atoms with E-state index in [0.29, 0.717) is 23.8 Å². The number of halogens is 3. The van der Waals surface area contributed by atoms with E-state index in [4.69, 9.17) is 10.2 Å². The average Bonchev–Trinajstić information content (AvgIpc) is 1.55. The molecule has 0 spiro atoms. The van der Waals surface area contributed by atoms with Crippen molar-refractivity contribution in [3.05, 3.63) is 78.4 Å². The number of hydrogen-bond donors (Lipinski definition) is 8. The van der Waals surface area contributed by atoms with E-state index in [0.717, 1.165) is 16.4 Å². The van der Waals surface area contributed by atoms with Crippen molar-refractivity contribution < 1.29 is 117 Å². The van der Waals surface area contributed by atoms with Gasteiger partial charge in [-0.05, 0) is 50.6 Å². The van der Waals surface area contributed by atoms with Gasteiger partial charge in [-0.25, -0.2) is 56.3 Å². The molecular formula is C59H95F3N6O23S6. The number of sulfonamides is 6. The number of carboxylic acid groups (broad SMARTS) is 2. The quantitative estimate of drug-likeness (QED) is 0.0630. The molecule has 0 radical (unpaired) electrons. The molecule has 0 aliphatic heterocycles. The van der Waals surface area contributed by atoms with E-state index in [9.17, 15) is 107 Å². The van der Waals surface area contributed by atoms with Gasteiger partial charge >= 0.3 is 27.5 Å². The Balaban J connectivity index is -0.000000520. The normalized spacial score (nSPS) is 12.4. The molecular weight excluding hydrogens is 1410 g/mol. The second-order valence-electron chi connectivity index (χ2n) is 24.4.